The number of carbonyl (C=O) groups is 1. The zero-order chi connectivity index (χ0) is 19.5. The Hall–Kier alpha value is -3.41. The highest BCUT2D eigenvalue weighted by molar-refractivity contribution is 5.83. The number of aromatic nitrogens is 3. The van der Waals surface area contributed by atoms with E-state index in [1.807, 2.05) is 43.5 Å². The first-order chi connectivity index (χ1) is 13.6. The number of aromatic amines is 1. The van der Waals surface area contributed by atoms with Crippen molar-refractivity contribution in [1.82, 2.24) is 14.4 Å². The van der Waals surface area contributed by atoms with E-state index in [9.17, 15) is 9.59 Å². The van der Waals surface area contributed by atoms with Gasteiger partial charge in [-0.2, -0.15) is 0 Å². The van der Waals surface area contributed by atoms with Gasteiger partial charge in [0.25, 0.3) is 5.56 Å². The van der Waals surface area contributed by atoms with E-state index in [1.54, 1.807) is 6.07 Å². The van der Waals surface area contributed by atoms with E-state index >= 15 is 0 Å². The summed E-state index contributed by atoms with van der Waals surface area (Å²) in [5.41, 5.74) is 3.95. The van der Waals surface area contributed by atoms with Crippen LogP contribution in [-0.4, -0.2) is 20.3 Å². The molecule has 0 saturated carbocycles. The minimum Gasteiger partial charge on any atom is -0.459 e. The molecule has 0 aliphatic rings. The Morgan fingerprint density at radius 3 is 2.93 bits per heavy atom. The Morgan fingerprint density at radius 1 is 1.18 bits per heavy atom. The normalized spacial score (nSPS) is 11.2. The maximum atomic E-state index is 12.3. The number of fused-ring (bicyclic) bond motifs is 2. The second kappa shape index (κ2) is 7.68. The van der Waals surface area contributed by atoms with Crippen molar-refractivity contribution in [2.75, 3.05) is 0 Å². The summed E-state index contributed by atoms with van der Waals surface area (Å²) in [5.74, 6) is -0.286. The molecular weight excluding hydrogens is 354 g/mol. The first-order valence-corrected chi connectivity index (χ1v) is 9.31. The number of rotatable bonds is 6. The molecule has 28 heavy (non-hydrogen) atoms. The number of nitrogens with one attached hydrogen (secondary N) is 1. The molecule has 0 aliphatic carbocycles. The van der Waals surface area contributed by atoms with Crippen LogP contribution < -0.4 is 5.56 Å². The number of nitrogens with zero attached hydrogens (tertiary/aromatic N) is 2. The molecule has 0 atom stereocenters. The number of benzene rings is 1. The smallest absolute Gasteiger partial charge is 0.306 e. The highest BCUT2D eigenvalue weighted by Gasteiger charge is 2.09. The molecule has 3 aromatic heterocycles. The molecule has 0 radical (unpaired) electrons. The summed E-state index contributed by atoms with van der Waals surface area (Å²) in [6.45, 7) is 1.86. The minimum atomic E-state index is -0.286. The van der Waals surface area contributed by atoms with Gasteiger partial charge in [-0.15, -0.1) is 0 Å². The Kier molecular flexibility index (Phi) is 4.93. The van der Waals surface area contributed by atoms with E-state index in [-0.39, 0.29) is 18.1 Å². The second-order valence-corrected chi connectivity index (χ2v) is 6.82. The van der Waals surface area contributed by atoms with Crippen molar-refractivity contribution >= 4 is 22.5 Å². The van der Waals surface area contributed by atoms with Gasteiger partial charge in [0, 0.05) is 35.3 Å². The van der Waals surface area contributed by atoms with E-state index < -0.39 is 0 Å². The molecule has 0 unspecified atom stereocenters. The average molecular weight is 375 g/mol. The third kappa shape index (κ3) is 3.67. The lowest BCUT2D eigenvalue weighted by molar-refractivity contribution is -0.145. The van der Waals surface area contributed by atoms with E-state index in [1.165, 1.54) is 21.4 Å². The fraction of sp³-hybridized carbons (Fsp3) is 0.227. The van der Waals surface area contributed by atoms with Crippen LogP contribution in [0.4, 0.5) is 0 Å². The molecule has 0 bridgehead atoms. The monoisotopic (exact) mass is 375 g/mol. The molecular formula is C22H21N3O3. The van der Waals surface area contributed by atoms with Crippen molar-refractivity contribution in [3.63, 3.8) is 0 Å². The summed E-state index contributed by atoms with van der Waals surface area (Å²) in [7, 11) is 0. The maximum absolute atomic E-state index is 12.3. The number of hydrogen-bond acceptors (Lipinski definition) is 4. The average Bonchev–Trinajstić information content (AvgIpc) is 3.09. The number of para-hydroxylation sites is 1. The van der Waals surface area contributed by atoms with Gasteiger partial charge in [-0.25, -0.2) is 4.98 Å². The topological polar surface area (TPSA) is 76.5 Å². The number of H-pyrrole nitrogens is 1. The van der Waals surface area contributed by atoms with Crippen LogP contribution in [0.15, 0.2) is 59.5 Å². The van der Waals surface area contributed by atoms with Gasteiger partial charge < -0.3 is 9.72 Å². The molecule has 0 fully saturated rings. The minimum absolute atomic E-state index is 0.00556. The number of aryl methyl sites for hydroxylation is 2. The molecule has 6 heteroatoms. The lowest BCUT2D eigenvalue weighted by atomic mass is 10.1. The molecule has 4 rings (SSSR count). The molecule has 142 valence electrons. The van der Waals surface area contributed by atoms with Crippen LogP contribution in [0.3, 0.4) is 0 Å². The standard InChI is InChI=1S/C22H21N3O3/c1-15-6-4-10-20-24-17(12-21(26)25(15)20)14-28-22(27)11-5-7-16-13-23-19-9-3-2-8-18(16)19/h2-4,6,8-10,12-13,23H,5,7,11,14H2,1H3. The van der Waals surface area contributed by atoms with Crippen LogP contribution in [0.1, 0.15) is 29.8 Å². The number of carbonyl (C=O) groups excluding carboxylic acids is 1. The molecule has 6 nitrogen and oxygen atoms in total. The molecule has 1 aromatic carbocycles. The van der Waals surface area contributed by atoms with E-state index in [0.29, 0.717) is 24.2 Å². The molecule has 4 aromatic rings. The van der Waals surface area contributed by atoms with Gasteiger partial charge in [0.05, 0.1) is 5.69 Å². The van der Waals surface area contributed by atoms with Crippen LogP contribution in [0, 0.1) is 6.92 Å². The van der Waals surface area contributed by atoms with Crippen molar-refractivity contribution in [3.8, 4) is 0 Å². The van der Waals surface area contributed by atoms with Crippen molar-refractivity contribution in [3.05, 3.63) is 82.0 Å². The summed E-state index contributed by atoms with van der Waals surface area (Å²) in [6.07, 6.45) is 3.82. The molecule has 3 heterocycles. The van der Waals surface area contributed by atoms with E-state index in [0.717, 1.165) is 17.6 Å². The SMILES string of the molecule is Cc1cccc2nc(COC(=O)CCCc3c[nH]c4ccccc34)cc(=O)n12. The van der Waals surface area contributed by atoms with Crippen LogP contribution >= 0.6 is 0 Å². The quantitative estimate of drug-likeness (QED) is 0.523. The first kappa shape index (κ1) is 18.0. The van der Waals surface area contributed by atoms with Gasteiger partial charge in [-0.3, -0.25) is 14.0 Å². The Bertz CT molecular complexity index is 1210. The summed E-state index contributed by atoms with van der Waals surface area (Å²) in [4.78, 5) is 32.0. The van der Waals surface area contributed by atoms with Gasteiger partial charge >= 0.3 is 5.97 Å². The van der Waals surface area contributed by atoms with Gasteiger partial charge in [0.15, 0.2) is 0 Å². The fourth-order valence-corrected chi connectivity index (χ4v) is 3.43. The zero-order valence-corrected chi connectivity index (χ0v) is 15.6. The van der Waals surface area contributed by atoms with Crippen LogP contribution in [0.5, 0.6) is 0 Å². The Morgan fingerprint density at radius 2 is 2.04 bits per heavy atom. The van der Waals surface area contributed by atoms with Crippen molar-refractivity contribution in [1.29, 1.82) is 0 Å². The van der Waals surface area contributed by atoms with Gasteiger partial charge in [0.1, 0.15) is 12.3 Å². The van der Waals surface area contributed by atoms with Crippen molar-refractivity contribution in [2.45, 2.75) is 32.8 Å². The largest absolute Gasteiger partial charge is 0.459 e. The highest BCUT2D eigenvalue weighted by Crippen LogP contribution is 2.19. The van der Waals surface area contributed by atoms with E-state index in [2.05, 4.69) is 16.0 Å². The first-order valence-electron chi connectivity index (χ1n) is 9.31. The number of ether oxygens (including phenoxy) is 1. The molecule has 1 N–H and O–H groups in total. The third-order valence-electron chi connectivity index (χ3n) is 4.82. The summed E-state index contributed by atoms with van der Waals surface area (Å²) >= 11 is 0. The molecule has 0 amide bonds. The van der Waals surface area contributed by atoms with E-state index in [4.69, 9.17) is 4.74 Å². The van der Waals surface area contributed by atoms with Gasteiger partial charge in [0.2, 0.25) is 0 Å². The second-order valence-electron chi connectivity index (χ2n) is 6.82. The lowest BCUT2D eigenvalue weighted by Crippen LogP contribution is -2.18. The Balaban J connectivity index is 1.33. The number of esters is 1. The zero-order valence-electron chi connectivity index (χ0n) is 15.6. The summed E-state index contributed by atoms with van der Waals surface area (Å²) < 4.78 is 6.85. The molecule has 0 aliphatic heterocycles. The number of pyridine rings is 1. The lowest BCUT2D eigenvalue weighted by Gasteiger charge is -2.07. The maximum Gasteiger partial charge on any atom is 0.306 e. The predicted molar refractivity (Wildman–Crippen MR) is 107 cm³/mol. The van der Waals surface area contributed by atoms with Gasteiger partial charge in [-0.05, 0) is 43.5 Å². The van der Waals surface area contributed by atoms with Crippen LogP contribution in [0.2, 0.25) is 0 Å². The van der Waals surface area contributed by atoms with Gasteiger partial charge in [-0.1, -0.05) is 24.3 Å². The third-order valence-corrected chi connectivity index (χ3v) is 4.82. The Labute approximate surface area is 161 Å². The van der Waals surface area contributed by atoms with Crippen LogP contribution in [-0.2, 0) is 22.6 Å². The van der Waals surface area contributed by atoms with Crippen LogP contribution in [0.25, 0.3) is 16.6 Å². The summed E-state index contributed by atoms with van der Waals surface area (Å²) in [6, 6.07) is 15.0. The summed E-state index contributed by atoms with van der Waals surface area (Å²) in [5, 5.41) is 1.19. The predicted octanol–water partition coefficient (Wildman–Crippen LogP) is 3.55. The highest BCUT2D eigenvalue weighted by atomic mass is 16.5. The van der Waals surface area contributed by atoms with Crippen molar-refractivity contribution < 1.29 is 9.53 Å². The molecule has 0 spiro atoms. The van der Waals surface area contributed by atoms with Crippen molar-refractivity contribution in [2.24, 2.45) is 0 Å². The fourth-order valence-electron chi connectivity index (χ4n) is 3.43. The number of hydrogen-bond donors (Lipinski definition) is 1. The molecule has 0 saturated heterocycles.